The van der Waals surface area contributed by atoms with Gasteiger partial charge in [0.2, 0.25) is 0 Å². The Labute approximate surface area is 144 Å². The summed E-state index contributed by atoms with van der Waals surface area (Å²) < 4.78 is 16.6. The number of fused-ring (bicyclic) bond motifs is 1. The summed E-state index contributed by atoms with van der Waals surface area (Å²) in [5, 5.41) is 4.39. The van der Waals surface area contributed by atoms with Gasteiger partial charge < -0.3 is 5.73 Å². The third kappa shape index (κ3) is 2.96. The highest BCUT2D eigenvalue weighted by molar-refractivity contribution is 5.55. The van der Waals surface area contributed by atoms with Gasteiger partial charge in [0, 0.05) is 37.6 Å². The van der Waals surface area contributed by atoms with Crippen LogP contribution < -0.4 is 5.73 Å². The molecule has 4 heterocycles. The Bertz CT molecular complexity index is 907. The lowest BCUT2D eigenvalue weighted by atomic mass is 10.2. The molecule has 3 aromatic rings. The van der Waals surface area contributed by atoms with Crippen LogP contribution in [0.3, 0.4) is 0 Å². The van der Waals surface area contributed by atoms with Crippen molar-refractivity contribution >= 4 is 5.82 Å². The lowest BCUT2D eigenvalue weighted by Gasteiger charge is -2.27. The van der Waals surface area contributed by atoms with Crippen LogP contribution in [0.15, 0.2) is 30.6 Å². The Hall–Kier alpha value is -2.87. The minimum atomic E-state index is -0.309. The number of aromatic nitrogens is 5. The van der Waals surface area contributed by atoms with Crippen LogP contribution >= 0.6 is 0 Å². The second-order valence-electron chi connectivity index (χ2n) is 6.09. The maximum absolute atomic E-state index is 14.8. The molecule has 0 saturated carbocycles. The molecule has 4 rings (SSSR count). The molecule has 7 nitrogen and oxygen atoms in total. The minimum absolute atomic E-state index is 0.302. The molecule has 1 aliphatic heterocycles. The molecule has 0 atom stereocenters. The summed E-state index contributed by atoms with van der Waals surface area (Å²) in [6, 6.07) is 5.39. The number of aryl methyl sites for hydroxylation is 1. The van der Waals surface area contributed by atoms with Crippen LogP contribution in [0.4, 0.5) is 10.2 Å². The molecule has 2 N–H and O–H groups in total. The number of hydrogen-bond donors (Lipinski definition) is 1. The molecular weight excluding hydrogens is 321 g/mol. The van der Waals surface area contributed by atoms with Crippen molar-refractivity contribution in [3.63, 3.8) is 0 Å². The summed E-state index contributed by atoms with van der Waals surface area (Å²) in [5.74, 6) is 0.807. The molecule has 0 radical (unpaired) electrons. The molecule has 0 bridgehead atoms. The number of pyridine rings is 1. The van der Waals surface area contributed by atoms with E-state index in [0.717, 1.165) is 12.1 Å². The van der Waals surface area contributed by atoms with Gasteiger partial charge in [-0.2, -0.15) is 5.10 Å². The van der Waals surface area contributed by atoms with E-state index in [1.807, 2.05) is 6.07 Å². The average molecular weight is 339 g/mol. The lowest BCUT2D eigenvalue weighted by Crippen LogP contribution is -2.34. The molecule has 0 amide bonds. The topological polar surface area (TPSA) is 85.8 Å². The SMILES string of the molecule is Cc1ncc(CN2CCn3nc(-c4ccccn4)c(F)c3C2)c(N)n1. The molecule has 0 unspecified atom stereocenters. The van der Waals surface area contributed by atoms with Gasteiger partial charge in [0.05, 0.1) is 17.9 Å². The molecule has 0 spiro atoms. The lowest BCUT2D eigenvalue weighted by molar-refractivity contribution is 0.201. The first-order chi connectivity index (χ1) is 12.1. The molecule has 0 aromatic carbocycles. The van der Waals surface area contributed by atoms with E-state index >= 15 is 0 Å². The minimum Gasteiger partial charge on any atom is -0.383 e. The van der Waals surface area contributed by atoms with Crippen LogP contribution in [0.1, 0.15) is 17.1 Å². The van der Waals surface area contributed by atoms with Gasteiger partial charge in [-0.15, -0.1) is 0 Å². The summed E-state index contributed by atoms with van der Waals surface area (Å²) in [6.07, 6.45) is 3.37. The summed E-state index contributed by atoms with van der Waals surface area (Å²) in [7, 11) is 0. The number of anilines is 1. The monoisotopic (exact) mass is 339 g/mol. The van der Waals surface area contributed by atoms with E-state index in [9.17, 15) is 4.39 Å². The van der Waals surface area contributed by atoms with Gasteiger partial charge in [0.15, 0.2) is 5.82 Å². The number of nitrogen functional groups attached to an aromatic ring is 1. The largest absolute Gasteiger partial charge is 0.383 e. The van der Waals surface area contributed by atoms with E-state index in [1.54, 1.807) is 36.1 Å². The second kappa shape index (κ2) is 6.21. The number of rotatable bonds is 3. The summed E-state index contributed by atoms with van der Waals surface area (Å²) in [5.41, 5.74) is 8.23. The first kappa shape index (κ1) is 15.6. The van der Waals surface area contributed by atoms with Crippen LogP contribution in [-0.4, -0.2) is 36.2 Å². The van der Waals surface area contributed by atoms with E-state index in [2.05, 4.69) is 25.0 Å². The second-order valence-corrected chi connectivity index (χ2v) is 6.09. The maximum atomic E-state index is 14.8. The molecule has 0 aliphatic carbocycles. The molecule has 128 valence electrons. The first-order valence-corrected chi connectivity index (χ1v) is 8.09. The van der Waals surface area contributed by atoms with Crippen molar-refractivity contribution in [3.05, 3.63) is 53.5 Å². The fourth-order valence-electron chi connectivity index (χ4n) is 3.01. The highest BCUT2D eigenvalue weighted by Gasteiger charge is 2.26. The molecule has 0 saturated heterocycles. The Morgan fingerprint density at radius 1 is 1.24 bits per heavy atom. The predicted molar refractivity (Wildman–Crippen MR) is 90.7 cm³/mol. The summed E-state index contributed by atoms with van der Waals surface area (Å²) in [4.78, 5) is 14.7. The van der Waals surface area contributed by atoms with Crippen LogP contribution in [0.25, 0.3) is 11.4 Å². The number of nitrogens with two attached hydrogens (primary N) is 1. The molecule has 0 fully saturated rings. The number of nitrogens with zero attached hydrogens (tertiary/aromatic N) is 6. The zero-order valence-corrected chi connectivity index (χ0v) is 13.9. The van der Waals surface area contributed by atoms with Crippen molar-refractivity contribution in [2.45, 2.75) is 26.6 Å². The zero-order chi connectivity index (χ0) is 17.4. The van der Waals surface area contributed by atoms with Crippen LogP contribution in [0, 0.1) is 12.7 Å². The highest BCUT2D eigenvalue weighted by Crippen LogP contribution is 2.26. The average Bonchev–Trinajstić information content (AvgIpc) is 2.95. The molecule has 8 heteroatoms. The molecule has 3 aromatic heterocycles. The predicted octanol–water partition coefficient (Wildman–Crippen LogP) is 1.78. The van der Waals surface area contributed by atoms with Crippen molar-refractivity contribution in [2.24, 2.45) is 0 Å². The van der Waals surface area contributed by atoms with Gasteiger partial charge in [-0.3, -0.25) is 14.6 Å². The van der Waals surface area contributed by atoms with E-state index in [0.29, 0.717) is 48.4 Å². The fourth-order valence-corrected chi connectivity index (χ4v) is 3.01. The smallest absolute Gasteiger partial charge is 0.175 e. The molecule has 25 heavy (non-hydrogen) atoms. The van der Waals surface area contributed by atoms with Gasteiger partial charge >= 0.3 is 0 Å². The normalized spacial score (nSPS) is 14.5. The molecular formula is C17H18FN7. The number of halogens is 1. The van der Waals surface area contributed by atoms with E-state index < -0.39 is 0 Å². The van der Waals surface area contributed by atoms with Crippen molar-refractivity contribution in [1.29, 1.82) is 0 Å². The van der Waals surface area contributed by atoms with Crippen LogP contribution in [-0.2, 0) is 19.6 Å². The summed E-state index contributed by atoms with van der Waals surface area (Å²) in [6.45, 7) is 4.21. The van der Waals surface area contributed by atoms with Crippen molar-refractivity contribution in [2.75, 3.05) is 12.3 Å². The van der Waals surface area contributed by atoms with Crippen LogP contribution in [0.5, 0.6) is 0 Å². The Morgan fingerprint density at radius 2 is 2.12 bits per heavy atom. The Morgan fingerprint density at radius 3 is 2.88 bits per heavy atom. The van der Waals surface area contributed by atoms with E-state index in [4.69, 9.17) is 5.73 Å². The van der Waals surface area contributed by atoms with Crippen molar-refractivity contribution in [3.8, 4) is 11.4 Å². The summed E-state index contributed by atoms with van der Waals surface area (Å²) >= 11 is 0. The fraction of sp³-hybridized carbons (Fsp3) is 0.294. The van der Waals surface area contributed by atoms with Crippen molar-refractivity contribution < 1.29 is 4.39 Å². The third-order valence-corrected chi connectivity index (χ3v) is 4.31. The Kier molecular flexibility index (Phi) is 3.89. The third-order valence-electron chi connectivity index (χ3n) is 4.31. The highest BCUT2D eigenvalue weighted by atomic mass is 19.1. The van der Waals surface area contributed by atoms with Gasteiger partial charge in [-0.05, 0) is 19.1 Å². The van der Waals surface area contributed by atoms with Crippen molar-refractivity contribution in [1.82, 2.24) is 29.6 Å². The first-order valence-electron chi connectivity index (χ1n) is 8.09. The van der Waals surface area contributed by atoms with Gasteiger partial charge in [-0.1, -0.05) is 6.07 Å². The Balaban J connectivity index is 1.58. The van der Waals surface area contributed by atoms with Gasteiger partial charge in [0.25, 0.3) is 0 Å². The molecule has 1 aliphatic rings. The van der Waals surface area contributed by atoms with E-state index in [1.165, 1.54) is 0 Å². The standard InChI is InChI=1S/C17H18FN7/c1-11-21-8-12(17(19)22-11)9-24-6-7-25-14(10-24)15(18)16(23-25)13-4-2-3-5-20-13/h2-5,8H,6-7,9-10H2,1H3,(H2,19,21,22). The maximum Gasteiger partial charge on any atom is 0.175 e. The number of hydrogen-bond acceptors (Lipinski definition) is 6. The zero-order valence-electron chi connectivity index (χ0n) is 13.9. The van der Waals surface area contributed by atoms with Gasteiger partial charge in [0.1, 0.15) is 17.3 Å². The quantitative estimate of drug-likeness (QED) is 0.783. The van der Waals surface area contributed by atoms with E-state index in [-0.39, 0.29) is 5.82 Å². The van der Waals surface area contributed by atoms with Gasteiger partial charge in [-0.25, -0.2) is 14.4 Å². The van der Waals surface area contributed by atoms with Crippen LogP contribution in [0.2, 0.25) is 0 Å².